The Morgan fingerprint density at radius 1 is 1.00 bits per heavy atom. The summed E-state index contributed by atoms with van der Waals surface area (Å²) in [5.74, 6) is 0.747. The van der Waals surface area contributed by atoms with Crippen molar-refractivity contribution < 1.29 is 19.1 Å². The molecule has 2 amide bonds. The quantitative estimate of drug-likeness (QED) is 0.237. The number of nitrogens with one attached hydrogen (secondary N) is 1. The van der Waals surface area contributed by atoms with Crippen LogP contribution < -0.4 is 14.8 Å². The minimum Gasteiger partial charge on any atom is -0.454 e. The molecule has 0 radical (unpaired) electrons. The molecule has 38 heavy (non-hydrogen) atoms. The first kappa shape index (κ1) is 25.7. The number of carbonyl (C=O) groups is 2. The molecular formula is C27H25N5O4S2. The van der Waals surface area contributed by atoms with Gasteiger partial charge in [0.2, 0.25) is 18.6 Å². The minimum absolute atomic E-state index is 0.0944. The van der Waals surface area contributed by atoms with Gasteiger partial charge in [-0.1, -0.05) is 42.1 Å². The van der Waals surface area contributed by atoms with Crippen LogP contribution in [0, 0.1) is 13.8 Å². The number of hydrogen-bond donors (Lipinski definition) is 1. The number of benzene rings is 2. The molecule has 9 nitrogen and oxygen atoms in total. The van der Waals surface area contributed by atoms with Gasteiger partial charge in [-0.05, 0) is 32.0 Å². The summed E-state index contributed by atoms with van der Waals surface area (Å²) in [4.78, 5) is 41.3. The Labute approximate surface area is 228 Å². The van der Waals surface area contributed by atoms with Crippen molar-refractivity contribution in [3.05, 3.63) is 76.4 Å². The van der Waals surface area contributed by atoms with Gasteiger partial charge < -0.3 is 19.7 Å². The molecule has 1 aliphatic heterocycles. The summed E-state index contributed by atoms with van der Waals surface area (Å²) < 4.78 is 10.7. The molecule has 0 bridgehead atoms. The number of amides is 2. The first-order valence-electron chi connectivity index (χ1n) is 11.8. The monoisotopic (exact) mass is 547 g/mol. The van der Waals surface area contributed by atoms with E-state index in [-0.39, 0.29) is 37.4 Å². The number of aromatic nitrogens is 3. The number of hydrogen-bond acceptors (Lipinski definition) is 9. The lowest BCUT2D eigenvalue weighted by Gasteiger charge is -2.21. The van der Waals surface area contributed by atoms with E-state index in [1.54, 1.807) is 18.2 Å². The van der Waals surface area contributed by atoms with Gasteiger partial charge in [-0.15, -0.1) is 11.3 Å². The van der Waals surface area contributed by atoms with Crippen LogP contribution in [0.1, 0.15) is 16.4 Å². The van der Waals surface area contributed by atoms with Gasteiger partial charge in [0.15, 0.2) is 16.7 Å². The Morgan fingerprint density at radius 2 is 1.76 bits per heavy atom. The van der Waals surface area contributed by atoms with Crippen LogP contribution in [0.2, 0.25) is 0 Å². The Balaban J connectivity index is 1.29. The van der Waals surface area contributed by atoms with Crippen molar-refractivity contribution in [2.24, 2.45) is 0 Å². The standard InChI is InChI=1S/C27H25N5O4S2/c1-17-10-18(2)29-27(28-17)38-15-26(34)32(13-25-31-21(14-37-25)19-6-4-3-5-7-19)12-24(33)30-20-8-9-22-23(11-20)36-16-35-22/h3-11,14H,12-13,15-16H2,1-2H3,(H,30,33). The average molecular weight is 548 g/mol. The van der Waals surface area contributed by atoms with Crippen molar-refractivity contribution in [1.82, 2.24) is 19.9 Å². The third-order valence-corrected chi connectivity index (χ3v) is 7.24. The van der Waals surface area contributed by atoms with Gasteiger partial charge in [0.05, 0.1) is 18.0 Å². The summed E-state index contributed by atoms with van der Waals surface area (Å²) in [6.07, 6.45) is 0. The lowest BCUT2D eigenvalue weighted by Crippen LogP contribution is -2.38. The van der Waals surface area contributed by atoms with Gasteiger partial charge in [-0.3, -0.25) is 9.59 Å². The molecular weight excluding hydrogens is 522 g/mol. The molecule has 194 valence electrons. The van der Waals surface area contributed by atoms with Crippen LogP contribution in [-0.4, -0.2) is 50.8 Å². The maximum absolute atomic E-state index is 13.3. The summed E-state index contributed by atoms with van der Waals surface area (Å²) >= 11 is 2.70. The fourth-order valence-electron chi connectivity index (χ4n) is 3.84. The van der Waals surface area contributed by atoms with E-state index in [2.05, 4.69) is 15.3 Å². The largest absolute Gasteiger partial charge is 0.454 e. The molecule has 4 aromatic rings. The van der Waals surface area contributed by atoms with E-state index in [1.165, 1.54) is 28.0 Å². The molecule has 3 heterocycles. The van der Waals surface area contributed by atoms with Crippen LogP contribution in [0.3, 0.4) is 0 Å². The third-order valence-electron chi connectivity index (χ3n) is 5.58. The predicted octanol–water partition coefficient (Wildman–Crippen LogP) is 4.71. The fourth-order valence-corrected chi connectivity index (χ4v) is 5.51. The average Bonchev–Trinajstić information content (AvgIpc) is 3.56. The first-order valence-corrected chi connectivity index (χ1v) is 13.7. The highest BCUT2D eigenvalue weighted by Crippen LogP contribution is 2.34. The minimum atomic E-state index is -0.329. The summed E-state index contributed by atoms with van der Waals surface area (Å²) in [6, 6.07) is 16.9. The second kappa shape index (κ2) is 11.6. The number of rotatable bonds is 9. The van der Waals surface area contributed by atoms with Crippen LogP contribution in [0.25, 0.3) is 11.3 Å². The van der Waals surface area contributed by atoms with Crippen LogP contribution in [0.4, 0.5) is 5.69 Å². The molecule has 0 atom stereocenters. The topological polar surface area (TPSA) is 107 Å². The molecule has 2 aromatic carbocycles. The van der Waals surface area contributed by atoms with Crippen molar-refractivity contribution >= 4 is 40.6 Å². The number of ether oxygens (including phenoxy) is 2. The molecule has 0 unspecified atom stereocenters. The number of thiazole rings is 1. The van der Waals surface area contributed by atoms with Gasteiger partial charge in [-0.25, -0.2) is 15.0 Å². The molecule has 0 spiro atoms. The number of fused-ring (bicyclic) bond motifs is 1. The van der Waals surface area contributed by atoms with Gasteiger partial charge >= 0.3 is 0 Å². The van der Waals surface area contributed by atoms with Crippen molar-refractivity contribution in [1.29, 1.82) is 0 Å². The maximum Gasteiger partial charge on any atom is 0.244 e. The van der Waals surface area contributed by atoms with E-state index in [0.717, 1.165) is 27.7 Å². The van der Waals surface area contributed by atoms with Crippen LogP contribution in [0.5, 0.6) is 11.5 Å². The van der Waals surface area contributed by atoms with E-state index in [4.69, 9.17) is 14.5 Å². The lowest BCUT2D eigenvalue weighted by molar-refractivity contribution is -0.132. The van der Waals surface area contributed by atoms with E-state index in [1.807, 2.05) is 55.6 Å². The molecule has 0 fully saturated rings. The first-order chi connectivity index (χ1) is 18.4. The van der Waals surface area contributed by atoms with Gasteiger partial charge in [0, 0.05) is 34.1 Å². The molecule has 0 saturated heterocycles. The second-order valence-electron chi connectivity index (χ2n) is 8.58. The number of thioether (sulfide) groups is 1. The van der Waals surface area contributed by atoms with E-state index in [0.29, 0.717) is 22.3 Å². The maximum atomic E-state index is 13.3. The number of aryl methyl sites for hydroxylation is 2. The van der Waals surface area contributed by atoms with Crippen molar-refractivity contribution in [3.8, 4) is 22.8 Å². The summed E-state index contributed by atoms with van der Waals surface area (Å²) in [6.45, 7) is 4.00. The van der Waals surface area contributed by atoms with Crippen molar-refractivity contribution in [2.75, 3.05) is 24.4 Å². The number of nitrogens with zero attached hydrogens (tertiary/aromatic N) is 4. The normalized spacial score (nSPS) is 11.8. The van der Waals surface area contributed by atoms with Gasteiger partial charge in [-0.2, -0.15) is 0 Å². The van der Waals surface area contributed by atoms with E-state index in [9.17, 15) is 9.59 Å². The Bertz CT molecular complexity index is 1440. The molecule has 0 aliphatic carbocycles. The van der Waals surface area contributed by atoms with Crippen molar-refractivity contribution in [2.45, 2.75) is 25.5 Å². The highest BCUT2D eigenvalue weighted by atomic mass is 32.2. The SMILES string of the molecule is Cc1cc(C)nc(SCC(=O)N(CC(=O)Nc2ccc3c(c2)OCO3)Cc2nc(-c3ccccc3)cs2)n1. The lowest BCUT2D eigenvalue weighted by atomic mass is 10.2. The molecule has 11 heteroatoms. The zero-order valence-electron chi connectivity index (χ0n) is 20.8. The molecule has 1 aliphatic rings. The van der Waals surface area contributed by atoms with Crippen LogP contribution >= 0.6 is 23.1 Å². The highest BCUT2D eigenvalue weighted by Gasteiger charge is 2.21. The Kier molecular flexibility index (Phi) is 7.85. The van der Waals surface area contributed by atoms with E-state index < -0.39 is 0 Å². The van der Waals surface area contributed by atoms with Crippen LogP contribution in [0.15, 0.2) is 65.1 Å². The van der Waals surface area contributed by atoms with Crippen molar-refractivity contribution in [3.63, 3.8) is 0 Å². The smallest absolute Gasteiger partial charge is 0.244 e. The summed E-state index contributed by atoms with van der Waals surface area (Å²) in [5, 5.41) is 6.07. The zero-order chi connectivity index (χ0) is 26.5. The van der Waals surface area contributed by atoms with E-state index >= 15 is 0 Å². The molecule has 2 aromatic heterocycles. The second-order valence-corrected chi connectivity index (χ2v) is 10.5. The molecule has 0 saturated carbocycles. The Morgan fingerprint density at radius 3 is 2.55 bits per heavy atom. The number of carbonyl (C=O) groups excluding carboxylic acids is 2. The third kappa shape index (κ3) is 6.48. The highest BCUT2D eigenvalue weighted by molar-refractivity contribution is 7.99. The fraction of sp³-hybridized carbons (Fsp3) is 0.222. The number of anilines is 1. The molecule has 1 N–H and O–H groups in total. The van der Waals surface area contributed by atoms with Crippen LogP contribution in [-0.2, 0) is 16.1 Å². The summed E-state index contributed by atoms with van der Waals surface area (Å²) in [7, 11) is 0. The van der Waals surface area contributed by atoms with Gasteiger partial charge in [0.25, 0.3) is 0 Å². The molecule has 5 rings (SSSR count). The summed E-state index contributed by atoms with van der Waals surface area (Å²) in [5.41, 5.74) is 4.06. The Hall–Kier alpha value is -3.96. The van der Waals surface area contributed by atoms with Gasteiger partial charge in [0.1, 0.15) is 11.6 Å². The predicted molar refractivity (Wildman–Crippen MR) is 146 cm³/mol. The zero-order valence-corrected chi connectivity index (χ0v) is 22.5.